The topological polar surface area (TPSA) is 65.2 Å². The molecule has 1 rings (SSSR count). The van der Waals surface area contributed by atoms with E-state index >= 15 is 0 Å². The van der Waals surface area contributed by atoms with Crippen molar-refractivity contribution >= 4 is 5.97 Å². The number of esters is 1. The van der Waals surface area contributed by atoms with E-state index in [-0.39, 0.29) is 5.97 Å². The average Bonchev–Trinajstić information content (AvgIpc) is 2.19. The van der Waals surface area contributed by atoms with Crippen LogP contribution in [0.2, 0.25) is 0 Å². The van der Waals surface area contributed by atoms with Gasteiger partial charge in [0.2, 0.25) is 0 Å². The van der Waals surface area contributed by atoms with Gasteiger partial charge in [0.1, 0.15) is 0 Å². The number of carbonyl (C=O) groups is 1. The van der Waals surface area contributed by atoms with E-state index in [1.807, 2.05) is 0 Å². The first-order valence-corrected chi connectivity index (χ1v) is 4.12. The Kier molecular flexibility index (Phi) is 3.92. The number of rotatable bonds is 4. The molecule has 0 aliphatic heterocycles. The Balaban J connectivity index is 2.40. The van der Waals surface area contributed by atoms with Gasteiger partial charge in [0.15, 0.2) is 0 Å². The van der Waals surface area contributed by atoms with E-state index in [4.69, 9.17) is 10.5 Å². The summed E-state index contributed by atoms with van der Waals surface area (Å²) in [5.74, 6) is -0.346. The molecule has 0 atom stereocenters. The lowest BCUT2D eigenvalue weighted by Gasteiger charge is -2.02. The minimum atomic E-state index is -0.346. The van der Waals surface area contributed by atoms with Crippen LogP contribution in [-0.4, -0.2) is 24.1 Å². The van der Waals surface area contributed by atoms with Gasteiger partial charge in [-0.2, -0.15) is 0 Å². The second-order valence-electron chi connectivity index (χ2n) is 2.52. The van der Waals surface area contributed by atoms with Crippen molar-refractivity contribution in [1.29, 1.82) is 0 Å². The summed E-state index contributed by atoms with van der Waals surface area (Å²) in [6.07, 6.45) is 3.77. The van der Waals surface area contributed by atoms with E-state index in [1.165, 1.54) is 6.20 Å². The number of pyridine rings is 1. The smallest absolute Gasteiger partial charge is 0.339 e. The maximum Gasteiger partial charge on any atom is 0.339 e. The summed E-state index contributed by atoms with van der Waals surface area (Å²) in [5.41, 5.74) is 5.72. The maximum atomic E-state index is 11.2. The molecule has 0 bridgehead atoms. The minimum Gasteiger partial charge on any atom is -0.462 e. The van der Waals surface area contributed by atoms with Crippen molar-refractivity contribution in [3.63, 3.8) is 0 Å². The largest absolute Gasteiger partial charge is 0.462 e. The molecule has 0 radical (unpaired) electrons. The molecule has 0 amide bonds. The fourth-order valence-corrected chi connectivity index (χ4v) is 0.815. The standard InChI is InChI=1S/C9H12N2O2/c10-4-2-6-13-9(12)8-3-1-5-11-7-8/h1,3,5,7H,2,4,6,10H2. The molecule has 0 saturated carbocycles. The highest BCUT2D eigenvalue weighted by molar-refractivity contribution is 5.88. The van der Waals surface area contributed by atoms with Crippen LogP contribution in [0.25, 0.3) is 0 Å². The first-order valence-electron chi connectivity index (χ1n) is 4.12. The second-order valence-corrected chi connectivity index (χ2v) is 2.52. The number of aromatic nitrogens is 1. The fraction of sp³-hybridized carbons (Fsp3) is 0.333. The van der Waals surface area contributed by atoms with Gasteiger partial charge in [0, 0.05) is 12.4 Å². The molecule has 0 aliphatic carbocycles. The van der Waals surface area contributed by atoms with Crippen LogP contribution in [0.1, 0.15) is 16.8 Å². The molecule has 1 aromatic heterocycles. The van der Waals surface area contributed by atoms with Gasteiger partial charge in [0.05, 0.1) is 12.2 Å². The maximum absolute atomic E-state index is 11.2. The van der Waals surface area contributed by atoms with Crippen LogP contribution in [0.4, 0.5) is 0 Å². The summed E-state index contributed by atoms with van der Waals surface area (Å²) in [7, 11) is 0. The lowest BCUT2D eigenvalue weighted by Crippen LogP contribution is -2.10. The Labute approximate surface area is 76.7 Å². The molecular formula is C9H12N2O2. The highest BCUT2D eigenvalue weighted by Gasteiger charge is 2.04. The number of ether oxygens (including phenoxy) is 1. The fourth-order valence-electron chi connectivity index (χ4n) is 0.815. The predicted molar refractivity (Wildman–Crippen MR) is 48.2 cm³/mol. The molecule has 13 heavy (non-hydrogen) atoms. The van der Waals surface area contributed by atoms with Gasteiger partial charge in [-0.3, -0.25) is 4.98 Å². The van der Waals surface area contributed by atoms with Crippen LogP contribution in [0.5, 0.6) is 0 Å². The number of hydrogen-bond acceptors (Lipinski definition) is 4. The van der Waals surface area contributed by atoms with Crippen molar-refractivity contribution in [1.82, 2.24) is 4.98 Å². The van der Waals surface area contributed by atoms with Crippen LogP contribution >= 0.6 is 0 Å². The Hall–Kier alpha value is -1.42. The molecule has 0 spiro atoms. The Morgan fingerprint density at radius 3 is 3.08 bits per heavy atom. The van der Waals surface area contributed by atoms with Crippen LogP contribution < -0.4 is 5.73 Å². The Morgan fingerprint density at radius 1 is 1.62 bits per heavy atom. The Morgan fingerprint density at radius 2 is 2.46 bits per heavy atom. The normalized spacial score (nSPS) is 9.62. The van der Waals surface area contributed by atoms with E-state index in [9.17, 15) is 4.79 Å². The summed E-state index contributed by atoms with van der Waals surface area (Å²) in [6.45, 7) is 0.893. The average molecular weight is 180 g/mol. The molecule has 70 valence electrons. The highest BCUT2D eigenvalue weighted by Crippen LogP contribution is 1.98. The number of hydrogen-bond donors (Lipinski definition) is 1. The molecule has 4 nitrogen and oxygen atoms in total. The number of carbonyl (C=O) groups excluding carboxylic acids is 1. The molecule has 0 fully saturated rings. The zero-order chi connectivity index (χ0) is 9.52. The van der Waals surface area contributed by atoms with Gasteiger partial charge in [-0.05, 0) is 25.1 Å². The third-order valence-electron chi connectivity index (χ3n) is 1.48. The summed E-state index contributed by atoms with van der Waals surface area (Å²) < 4.78 is 4.91. The summed E-state index contributed by atoms with van der Waals surface area (Å²) in [6, 6.07) is 3.36. The molecule has 0 aromatic carbocycles. The quantitative estimate of drug-likeness (QED) is 0.544. The zero-order valence-electron chi connectivity index (χ0n) is 7.27. The summed E-state index contributed by atoms with van der Waals surface area (Å²) in [4.78, 5) is 15.0. The molecule has 0 saturated heterocycles. The van der Waals surface area contributed by atoms with Crippen molar-refractivity contribution in [2.75, 3.05) is 13.2 Å². The van der Waals surface area contributed by atoms with Crippen molar-refractivity contribution in [3.05, 3.63) is 30.1 Å². The van der Waals surface area contributed by atoms with E-state index in [2.05, 4.69) is 4.98 Å². The van der Waals surface area contributed by atoms with Crippen molar-refractivity contribution in [2.45, 2.75) is 6.42 Å². The third-order valence-corrected chi connectivity index (χ3v) is 1.48. The molecular weight excluding hydrogens is 168 g/mol. The second kappa shape index (κ2) is 5.27. The van der Waals surface area contributed by atoms with Gasteiger partial charge in [-0.25, -0.2) is 4.79 Å². The van der Waals surface area contributed by atoms with E-state index in [1.54, 1.807) is 18.3 Å². The van der Waals surface area contributed by atoms with Crippen LogP contribution in [0.3, 0.4) is 0 Å². The van der Waals surface area contributed by atoms with E-state index in [0.29, 0.717) is 25.1 Å². The van der Waals surface area contributed by atoms with E-state index in [0.717, 1.165) is 0 Å². The van der Waals surface area contributed by atoms with Crippen LogP contribution in [-0.2, 0) is 4.74 Å². The zero-order valence-corrected chi connectivity index (χ0v) is 7.27. The first kappa shape index (κ1) is 9.67. The summed E-state index contributed by atoms with van der Waals surface area (Å²) in [5, 5.41) is 0. The van der Waals surface area contributed by atoms with Crippen molar-refractivity contribution in [3.8, 4) is 0 Å². The third kappa shape index (κ3) is 3.21. The van der Waals surface area contributed by atoms with Gasteiger partial charge < -0.3 is 10.5 Å². The van der Waals surface area contributed by atoms with Gasteiger partial charge in [-0.15, -0.1) is 0 Å². The Bertz CT molecular complexity index is 262. The van der Waals surface area contributed by atoms with Gasteiger partial charge >= 0.3 is 5.97 Å². The molecule has 1 aromatic rings. The SMILES string of the molecule is NCCCOC(=O)c1cccnc1. The predicted octanol–water partition coefficient (Wildman–Crippen LogP) is 0.587. The van der Waals surface area contributed by atoms with Crippen molar-refractivity contribution in [2.24, 2.45) is 5.73 Å². The highest BCUT2D eigenvalue weighted by atomic mass is 16.5. The monoisotopic (exact) mass is 180 g/mol. The van der Waals surface area contributed by atoms with E-state index < -0.39 is 0 Å². The number of nitrogens with two attached hydrogens (primary N) is 1. The molecule has 4 heteroatoms. The molecule has 2 N–H and O–H groups in total. The van der Waals surface area contributed by atoms with Crippen LogP contribution in [0.15, 0.2) is 24.5 Å². The minimum absolute atomic E-state index is 0.346. The van der Waals surface area contributed by atoms with Gasteiger partial charge in [0.25, 0.3) is 0 Å². The lowest BCUT2D eigenvalue weighted by atomic mass is 10.3. The van der Waals surface area contributed by atoms with Crippen LogP contribution in [0, 0.1) is 0 Å². The van der Waals surface area contributed by atoms with Crippen molar-refractivity contribution < 1.29 is 9.53 Å². The molecule has 0 unspecified atom stereocenters. The summed E-state index contributed by atoms with van der Waals surface area (Å²) >= 11 is 0. The molecule has 1 heterocycles. The number of nitrogens with zero attached hydrogens (tertiary/aromatic N) is 1. The first-order chi connectivity index (χ1) is 6.34. The van der Waals surface area contributed by atoms with Gasteiger partial charge in [-0.1, -0.05) is 0 Å². The molecule has 0 aliphatic rings. The lowest BCUT2D eigenvalue weighted by molar-refractivity contribution is 0.0502.